The number of hydrogen-bond acceptors (Lipinski definition) is 5. The number of hydrogen-bond donors (Lipinski definition) is 1. The molecule has 0 bridgehead atoms. The zero-order chi connectivity index (χ0) is 24.2. The Labute approximate surface area is 194 Å². The summed E-state index contributed by atoms with van der Waals surface area (Å²) in [6, 6.07) is 0. The van der Waals surface area contributed by atoms with Gasteiger partial charge >= 0.3 is 11.9 Å². The second-order valence-corrected chi connectivity index (χ2v) is 9.64. The van der Waals surface area contributed by atoms with Gasteiger partial charge in [-0.05, 0) is 38.5 Å². The molecule has 0 amide bonds. The summed E-state index contributed by atoms with van der Waals surface area (Å²) in [7, 11) is 5.79. The molecule has 0 aromatic heterocycles. The lowest BCUT2D eigenvalue weighted by molar-refractivity contribution is -0.873. The highest BCUT2D eigenvalue weighted by Gasteiger charge is 2.22. The molecule has 7 nitrogen and oxygen atoms in total. The first-order chi connectivity index (χ1) is 15.1. The standard InChI is InChI=1S/C25H45NO6/c1-26(2,3)21-22(20-24(29)30)32-25(31)19-17-15-13-11-9-7-5-4-6-8-10-12-14-16-18-23(27)28/h6,8,22H,4-5,7,9-21H2,1-3H3,(H-,27,28,29,30)/b8-6+. The Balaban J connectivity index is 3.60. The fourth-order valence-electron chi connectivity index (χ4n) is 3.55. The predicted octanol–water partition coefficient (Wildman–Crippen LogP) is 3.85. The number of allylic oxidation sites excluding steroid dienone is 2. The lowest BCUT2D eigenvalue weighted by atomic mass is 10.1. The molecule has 0 saturated carbocycles. The van der Waals surface area contributed by atoms with Crippen LogP contribution in [0.25, 0.3) is 0 Å². The first kappa shape index (κ1) is 30.1. The third kappa shape index (κ3) is 22.8. The molecule has 0 aliphatic carbocycles. The number of carbonyl (C=O) groups is 3. The number of esters is 1. The lowest BCUT2D eigenvalue weighted by Crippen LogP contribution is -2.45. The number of rotatable bonds is 21. The van der Waals surface area contributed by atoms with Crippen LogP contribution >= 0.6 is 0 Å². The van der Waals surface area contributed by atoms with Crippen LogP contribution in [0.15, 0.2) is 12.2 Å². The summed E-state index contributed by atoms with van der Waals surface area (Å²) >= 11 is 0. The normalized spacial score (nSPS) is 12.7. The Hall–Kier alpha value is -1.89. The van der Waals surface area contributed by atoms with E-state index in [-0.39, 0.29) is 18.8 Å². The van der Waals surface area contributed by atoms with Gasteiger partial charge < -0.3 is 24.2 Å². The van der Waals surface area contributed by atoms with Gasteiger partial charge in [-0.25, -0.2) is 0 Å². The van der Waals surface area contributed by atoms with Crippen LogP contribution in [0.1, 0.15) is 96.3 Å². The number of aliphatic carboxylic acids is 2. The molecule has 0 rings (SSSR count). The number of ether oxygens (including phenoxy) is 1. The second kappa shape index (κ2) is 18.7. The monoisotopic (exact) mass is 455 g/mol. The number of carboxylic acid groups (broad SMARTS) is 2. The maximum Gasteiger partial charge on any atom is 0.306 e. The van der Waals surface area contributed by atoms with E-state index in [4.69, 9.17) is 9.84 Å². The quantitative estimate of drug-likeness (QED) is 0.122. The van der Waals surface area contributed by atoms with Crippen LogP contribution in [-0.2, 0) is 19.1 Å². The minimum atomic E-state index is -1.19. The van der Waals surface area contributed by atoms with Crippen molar-refractivity contribution in [3.05, 3.63) is 12.2 Å². The van der Waals surface area contributed by atoms with Crippen molar-refractivity contribution in [2.75, 3.05) is 27.7 Å². The average Bonchev–Trinajstić information content (AvgIpc) is 2.65. The van der Waals surface area contributed by atoms with E-state index in [9.17, 15) is 19.5 Å². The van der Waals surface area contributed by atoms with Crippen molar-refractivity contribution in [1.82, 2.24) is 0 Å². The molecular formula is C25H45NO6. The zero-order valence-electron chi connectivity index (χ0n) is 20.5. The van der Waals surface area contributed by atoms with Crippen molar-refractivity contribution < 1.29 is 33.8 Å². The SMILES string of the molecule is C[N+](C)(C)CC(CC(=O)[O-])OC(=O)CCCCCCCCC/C=C/CCCCCC(=O)O. The van der Waals surface area contributed by atoms with Gasteiger partial charge in [0.1, 0.15) is 6.54 Å². The van der Waals surface area contributed by atoms with E-state index in [1.54, 1.807) is 0 Å². The van der Waals surface area contributed by atoms with Crippen molar-refractivity contribution in [1.29, 1.82) is 0 Å². The van der Waals surface area contributed by atoms with Gasteiger partial charge in [0, 0.05) is 25.2 Å². The van der Waals surface area contributed by atoms with Gasteiger partial charge in [0.15, 0.2) is 6.10 Å². The maximum absolute atomic E-state index is 12.0. The molecule has 0 fully saturated rings. The van der Waals surface area contributed by atoms with E-state index in [1.807, 2.05) is 21.1 Å². The van der Waals surface area contributed by atoms with Crippen LogP contribution in [0.2, 0.25) is 0 Å². The van der Waals surface area contributed by atoms with E-state index < -0.39 is 18.0 Å². The first-order valence-corrected chi connectivity index (χ1v) is 12.2. The first-order valence-electron chi connectivity index (χ1n) is 12.2. The molecule has 0 radical (unpaired) electrons. The Morgan fingerprint density at radius 2 is 1.28 bits per heavy atom. The molecule has 0 aliphatic rings. The molecule has 1 unspecified atom stereocenters. The number of unbranched alkanes of at least 4 members (excludes halogenated alkanes) is 10. The smallest absolute Gasteiger partial charge is 0.306 e. The highest BCUT2D eigenvalue weighted by Crippen LogP contribution is 2.12. The number of nitrogens with zero attached hydrogens (tertiary/aromatic N) is 1. The number of likely N-dealkylation sites (N-methyl/N-ethyl adjacent to an activating group) is 1. The van der Waals surface area contributed by atoms with Gasteiger partial charge in [-0.1, -0.05) is 50.7 Å². The lowest BCUT2D eigenvalue weighted by Gasteiger charge is -2.29. The Bertz CT molecular complexity index is 553. The van der Waals surface area contributed by atoms with Gasteiger partial charge in [0.2, 0.25) is 0 Å². The van der Waals surface area contributed by atoms with Gasteiger partial charge in [-0.2, -0.15) is 0 Å². The third-order valence-corrected chi connectivity index (χ3v) is 5.12. The minimum absolute atomic E-state index is 0.261. The zero-order valence-corrected chi connectivity index (χ0v) is 20.5. The molecule has 1 N–H and O–H groups in total. The van der Waals surface area contributed by atoms with E-state index >= 15 is 0 Å². The van der Waals surface area contributed by atoms with Gasteiger partial charge in [0.25, 0.3) is 0 Å². The maximum atomic E-state index is 12.0. The molecule has 186 valence electrons. The number of quaternary nitrogens is 1. The van der Waals surface area contributed by atoms with Crippen LogP contribution in [0.3, 0.4) is 0 Å². The van der Waals surface area contributed by atoms with Crippen molar-refractivity contribution in [2.24, 2.45) is 0 Å². The molecule has 0 saturated heterocycles. The summed E-state index contributed by atoms with van der Waals surface area (Å²) in [6.45, 7) is 0.446. The Morgan fingerprint density at radius 3 is 1.78 bits per heavy atom. The van der Waals surface area contributed by atoms with Gasteiger partial charge in [-0.15, -0.1) is 0 Å². The van der Waals surface area contributed by atoms with Crippen molar-refractivity contribution in [3.8, 4) is 0 Å². The average molecular weight is 456 g/mol. The van der Waals surface area contributed by atoms with Crippen LogP contribution in [0.5, 0.6) is 0 Å². The molecule has 7 heteroatoms. The highest BCUT2D eigenvalue weighted by molar-refractivity contribution is 5.70. The Morgan fingerprint density at radius 1 is 0.812 bits per heavy atom. The predicted molar refractivity (Wildman–Crippen MR) is 124 cm³/mol. The molecule has 0 aromatic carbocycles. The highest BCUT2D eigenvalue weighted by atomic mass is 16.5. The molecule has 0 aliphatic heterocycles. The number of carboxylic acids is 2. The van der Waals surface area contributed by atoms with E-state index in [2.05, 4.69) is 12.2 Å². The molecule has 32 heavy (non-hydrogen) atoms. The molecule has 1 atom stereocenters. The molecule has 0 aromatic rings. The summed E-state index contributed by atoms with van der Waals surface area (Å²) in [5.41, 5.74) is 0. The summed E-state index contributed by atoms with van der Waals surface area (Å²) in [4.78, 5) is 33.3. The van der Waals surface area contributed by atoms with E-state index in [0.29, 0.717) is 17.4 Å². The van der Waals surface area contributed by atoms with Crippen LogP contribution in [0, 0.1) is 0 Å². The fraction of sp³-hybridized carbons (Fsp3) is 0.800. The van der Waals surface area contributed by atoms with Crippen LogP contribution in [0.4, 0.5) is 0 Å². The van der Waals surface area contributed by atoms with Gasteiger partial charge in [0.05, 0.1) is 21.1 Å². The minimum Gasteiger partial charge on any atom is -0.550 e. The van der Waals surface area contributed by atoms with Crippen molar-refractivity contribution in [2.45, 2.75) is 102 Å². The molecule has 0 heterocycles. The van der Waals surface area contributed by atoms with Crippen molar-refractivity contribution >= 4 is 17.9 Å². The summed E-state index contributed by atoms with van der Waals surface area (Å²) in [6.07, 6.45) is 16.7. The van der Waals surface area contributed by atoms with Gasteiger partial charge in [-0.3, -0.25) is 9.59 Å². The summed E-state index contributed by atoms with van der Waals surface area (Å²) in [5.74, 6) is -2.23. The summed E-state index contributed by atoms with van der Waals surface area (Å²) < 4.78 is 5.88. The van der Waals surface area contributed by atoms with Crippen LogP contribution < -0.4 is 5.11 Å². The van der Waals surface area contributed by atoms with Crippen molar-refractivity contribution in [3.63, 3.8) is 0 Å². The van der Waals surface area contributed by atoms with Crippen LogP contribution in [-0.4, -0.2) is 61.3 Å². The number of carbonyl (C=O) groups excluding carboxylic acids is 2. The van der Waals surface area contributed by atoms with E-state index in [0.717, 1.165) is 57.8 Å². The Kier molecular flexibility index (Phi) is 17.6. The topological polar surface area (TPSA) is 104 Å². The van der Waals surface area contributed by atoms with E-state index in [1.165, 1.54) is 19.3 Å². The molecular weight excluding hydrogens is 410 g/mol. The second-order valence-electron chi connectivity index (χ2n) is 9.64. The molecule has 0 spiro atoms. The fourth-order valence-corrected chi connectivity index (χ4v) is 3.55. The largest absolute Gasteiger partial charge is 0.550 e. The third-order valence-electron chi connectivity index (χ3n) is 5.12. The summed E-state index contributed by atoms with van der Waals surface area (Å²) in [5, 5.41) is 19.4.